The van der Waals surface area contributed by atoms with Gasteiger partial charge in [-0.2, -0.15) is 60.7 Å². The number of carbonyl (C=O) groups is 1. The number of allylic oxidation sites excluding steroid dienone is 1. The summed E-state index contributed by atoms with van der Waals surface area (Å²) in [5.41, 5.74) is -3.90. The first-order chi connectivity index (χ1) is 32.1. The molecule has 73 heavy (non-hydrogen) atoms. The maximum Gasteiger partial charge on any atom is 0.511 e. The molecule has 4 atom stereocenters. The Bertz CT molecular complexity index is 2030. The van der Waals surface area contributed by atoms with E-state index in [0.717, 1.165) is 31.6 Å². The highest BCUT2D eigenvalue weighted by Crippen LogP contribution is 2.71. The van der Waals surface area contributed by atoms with E-state index < -0.39 is 75.6 Å². The van der Waals surface area contributed by atoms with Crippen LogP contribution in [-0.2, 0) is 45.4 Å². The first kappa shape index (κ1) is 79.9. The van der Waals surface area contributed by atoms with Gasteiger partial charge in [-0.15, -0.1) is 0 Å². The number of fused-ring (bicyclic) bond motifs is 2. The summed E-state index contributed by atoms with van der Waals surface area (Å²) in [4.78, 5) is 9.81. The Morgan fingerprint density at radius 3 is 1.29 bits per heavy atom. The van der Waals surface area contributed by atoms with Crippen molar-refractivity contribution in [2.24, 2.45) is 70.0 Å². The van der Waals surface area contributed by atoms with Crippen molar-refractivity contribution in [1.29, 1.82) is 0 Å². The molecule has 0 amide bonds. The van der Waals surface area contributed by atoms with Crippen molar-refractivity contribution in [3.8, 4) is 0 Å². The molecule has 4 unspecified atom stereocenters. The van der Waals surface area contributed by atoms with Crippen LogP contribution in [-0.4, -0.2) is 111 Å². The highest BCUT2D eigenvalue weighted by atomic mass is 32.2. The topological polar surface area (TPSA) is 299 Å². The highest BCUT2D eigenvalue weighted by molar-refractivity contribution is 7.90. The Kier molecular flexibility index (Phi) is 36.6. The summed E-state index contributed by atoms with van der Waals surface area (Å²) in [6.45, 7) is 35.5. The third-order valence-electron chi connectivity index (χ3n) is 11.8. The monoisotopic (exact) mass is 1160 g/mol. The maximum atomic E-state index is 12.2. The molecule has 28 heteroatoms. The van der Waals surface area contributed by atoms with Crippen molar-refractivity contribution >= 4 is 46.5 Å². The van der Waals surface area contributed by atoms with E-state index in [1.165, 1.54) is 30.4 Å². The number of carboxylic acid groups (broad SMARTS) is 1. The van der Waals surface area contributed by atoms with Crippen molar-refractivity contribution in [3.63, 3.8) is 0 Å². The number of nitrogens with one attached hydrogen (secondary N) is 2. The molecule has 8 N–H and O–H groups in total. The average Bonchev–Trinajstić information content (AvgIpc) is 3.55. The molecule has 0 heterocycles. The molecule has 2 aliphatic carbocycles. The fraction of sp³-hybridized carbons (Fsp3) is 0.933. The molecule has 2 rings (SSSR count). The number of rotatable bonds is 19. The molecule has 0 aromatic rings. The van der Waals surface area contributed by atoms with Crippen LogP contribution in [0.4, 0.5) is 30.7 Å². The molecule has 17 nitrogen and oxygen atoms in total. The van der Waals surface area contributed by atoms with Crippen LogP contribution >= 0.6 is 0 Å². The summed E-state index contributed by atoms with van der Waals surface area (Å²) in [7, 11) is -18.1. The normalized spacial score (nSPS) is 19.3. The Balaban J connectivity index is -0.000000248. The van der Waals surface area contributed by atoms with Crippen molar-refractivity contribution in [1.82, 2.24) is 9.44 Å². The van der Waals surface area contributed by atoms with Gasteiger partial charge in [-0.3, -0.25) is 13.7 Å². The van der Waals surface area contributed by atoms with Crippen molar-refractivity contribution in [3.05, 3.63) is 12.3 Å². The van der Waals surface area contributed by atoms with Gasteiger partial charge in [-0.25, -0.2) is 17.9 Å². The van der Waals surface area contributed by atoms with Gasteiger partial charge >= 0.3 is 53.1 Å². The zero-order valence-electron chi connectivity index (χ0n) is 45.7. The maximum absolute atomic E-state index is 12.2. The van der Waals surface area contributed by atoms with Gasteiger partial charge in [0.05, 0.1) is 11.5 Å². The molecule has 2 bridgehead atoms. The number of alkyl halides is 7. The lowest BCUT2D eigenvalue weighted by atomic mass is 9.61. The second-order valence-corrected chi connectivity index (χ2v) is 27.2. The molecule has 2 saturated carbocycles. The SMILES string of the molecule is C=C(O)C(CCO)C(C)C.CC(C)C(F)(F)S(=O)(=O)O.CC(C)CC(F)(F)C(=O)O.CC(C)CNS(=O)(=O)C(F)(F)F.CC(C)CNS(=O)(=O)O.CC(C)CS(=O)(=O)O.CCC12CCC(CC1C(C)C)C2(C)C. The Morgan fingerprint density at radius 1 is 0.712 bits per heavy atom. The number of aliphatic carboxylic acids is 1. The van der Waals surface area contributed by atoms with Gasteiger partial charge < -0.3 is 15.3 Å². The lowest BCUT2D eigenvalue weighted by molar-refractivity contribution is -0.166. The third-order valence-corrected chi connectivity index (χ3v) is 15.7. The standard InChI is InChI=1S/C14H26.C8H16O2.C6H10F2O2.C5H10F3NO2S.C4H8F2O3S.C4H11NO3S.C4H10O3S/c1-6-14-8-7-11(13(14,4)5)9-12(14)10(2)3;1-6(2)8(4-5-9)7(3)10;1-4(2)3-6(7,8)5(9)10;1-4(2)3-9-12(10,11)5(6,7)8;1-3(2)4(5,6)10(7,8)9;1-4(2)3-5-9(6,7)8;1-4(2)3-8(5,6)7/h10-12H,6-9H2,1-5H3;6,8-10H,3-5H2,1-2H3;4H,3H2,1-2H3,(H,9,10);4,9H,3H2,1-2H3;3H,1-2H3,(H,7,8,9);4-5H,3H2,1-2H3,(H,6,7,8);4H,3H2,1-2H3,(H,5,6,7). The van der Waals surface area contributed by atoms with Crippen LogP contribution in [0, 0.1) is 70.0 Å². The van der Waals surface area contributed by atoms with Gasteiger partial charge in [0.2, 0.25) is 0 Å². The summed E-state index contributed by atoms with van der Waals surface area (Å²) < 4.78 is 192. The lowest BCUT2D eigenvalue weighted by Gasteiger charge is -2.44. The molecule has 0 aromatic heterocycles. The predicted molar refractivity (Wildman–Crippen MR) is 271 cm³/mol. The van der Waals surface area contributed by atoms with E-state index in [9.17, 15) is 69.2 Å². The average molecular weight is 1160 g/mol. The first-order valence-corrected chi connectivity index (χ1v) is 29.7. The zero-order chi connectivity index (χ0) is 59.9. The number of aliphatic hydroxyl groups excluding tert-OH is 2. The van der Waals surface area contributed by atoms with E-state index >= 15 is 0 Å². The highest BCUT2D eigenvalue weighted by Gasteiger charge is 2.63. The molecule has 2 aliphatic rings. The van der Waals surface area contributed by atoms with Gasteiger partial charge in [0.25, 0.3) is 10.1 Å². The Labute approximate surface area is 433 Å². The van der Waals surface area contributed by atoms with Gasteiger partial charge in [-0.1, -0.05) is 124 Å². The van der Waals surface area contributed by atoms with Gasteiger partial charge in [0, 0.05) is 38.0 Å². The molecule has 0 aliphatic heterocycles. The number of halogens is 7. The zero-order valence-corrected chi connectivity index (χ0v) is 49.0. The van der Waals surface area contributed by atoms with Crippen LogP contribution in [0.2, 0.25) is 0 Å². The van der Waals surface area contributed by atoms with Gasteiger partial charge in [0.1, 0.15) is 0 Å². The number of carboxylic acids is 1. The molecule has 0 spiro atoms. The number of hydrogen-bond donors (Lipinski definition) is 8. The summed E-state index contributed by atoms with van der Waals surface area (Å²) in [6.07, 6.45) is 5.93. The van der Waals surface area contributed by atoms with Crippen molar-refractivity contribution in [2.75, 3.05) is 25.4 Å². The van der Waals surface area contributed by atoms with Crippen molar-refractivity contribution in [2.45, 2.75) is 173 Å². The van der Waals surface area contributed by atoms with Gasteiger partial charge in [-0.05, 0) is 90.3 Å². The molecule has 0 saturated heterocycles. The predicted octanol–water partition coefficient (Wildman–Crippen LogP) is 10.7. The molecule has 444 valence electrons. The van der Waals surface area contributed by atoms with Crippen LogP contribution in [0.5, 0.6) is 0 Å². The smallest absolute Gasteiger partial charge is 0.511 e. The fourth-order valence-electron chi connectivity index (χ4n) is 7.91. The molecular weight excluding hydrogens is 1070 g/mol. The summed E-state index contributed by atoms with van der Waals surface area (Å²) in [5, 5.41) is 21.5. The first-order valence-electron chi connectivity index (χ1n) is 23.8. The van der Waals surface area contributed by atoms with E-state index in [4.69, 9.17) is 29.0 Å². The van der Waals surface area contributed by atoms with Crippen LogP contribution in [0.1, 0.15) is 156 Å². The number of sulfonamides is 1. The number of hydrogen-bond acceptors (Lipinski definition) is 11. The van der Waals surface area contributed by atoms with E-state index in [1.807, 2.05) is 32.4 Å². The quantitative estimate of drug-likeness (QED) is 0.0339. The second-order valence-electron chi connectivity index (χ2n) is 21.3. The molecule has 0 aromatic carbocycles. The summed E-state index contributed by atoms with van der Waals surface area (Å²) in [5.74, 6) is -3.90. The fourth-order valence-corrected chi connectivity index (χ4v) is 10.6. The minimum absolute atomic E-state index is 0.00463. The molecule has 0 radical (unpaired) electrons. The van der Waals surface area contributed by atoms with Crippen molar-refractivity contribution < 1.29 is 98.2 Å². The van der Waals surface area contributed by atoms with E-state index in [-0.39, 0.29) is 60.8 Å². The van der Waals surface area contributed by atoms with Crippen LogP contribution in [0.15, 0.2) is 12.3 Å². The van der Waals surface area contributed by atoms with E-state index in [2.05, 4.69) is 41.2 Å². The van der Waals surface area contributed by atoms with E-state index in [0.29, 0.717) is 23.2 Å². The summed E-state index contributed by atoms with van der Waals surface area (Å²) in [6, 6.07) is 0. The second kappa shape index (κ2) is 33.4. The lowest BCUT2D eigenvalue weighted by Crippen LogP contribution is -2.38. The number of aliphatic hydroxyl groups is 2. The molecular formula is C45H91F7N2O15S4. The van der Waals surface area contributed by atoms with Crippen LogP contribution in [0.3, 0.4) is 0 Å². The summed E-state index contributed by atoms with van der Waals surface area (Å²) >= 11 is 0. The van der Waals surface area contributed by atoms with Crippen LogP contribution in [0.25, 0.3) is 0 Å². The van der Waals surface area contributed by atoms with Gasteiger partial charge in [0.15, 0.2) is 0 Å². The third kappa shape index (κ3) is 33.1. The Hall–Kier alpha value is -1.92. The van der Waals surface area contributed by atoms with Crippen LogP contribution < -0.4 is 9.44 Å². The minimum Gasteiger partial charge on any atom is -0.513 e. The van der Waals surface area contributed by atoms with E-state index in [1.54, 1.807) is 41.5 Å². The largest absolute Gasteiger partial charge is 0.513 e. The minimum atomic E-state index is -5.23. The molecule has 2 fully saturated rings. The Morgan fingerprint density at radius 2 is 1.14 bits per heavy atom.